The van der Waals surface area contributed by atoms with E-state index in [1.54, 1.807) is 25.5 Å². The lowest BCUT2D eigenvalue weighted by molar-refractivity contribution is 1.15. The Kier molecular flexibility index (Phi) is 1.94. The molecular weight excluding hydrogens is 128 g/mol. The number of nitrogens with two attached hydrogens (primary N) is 1. The van der Waals surface area contributed by atoms with Crippen LogP contribution in [0, 0.1) is 0 Å². The first kappa shape index (κ1) is 6.67. The summed E-state index contributed by atoms with van der Waals surface area (Å²) in [5.74, 6) is 5.02. The van der Waals surface area contributed by atoms with Crippen molar-refractivity contribution in [2.24, 2.45) is 10.9 Å². The maximum Gasteiger partial charge on any atom is 0.104 e. The zero-order valence-corrected chi connectivity index (χ0v) is 5.65. The van der Waals surface area contributed by atoms with E-state index in [1.165, 1.54) is 0 Å². The summed E-state index contributed by atoms with van der Waals surface area (Å²) < 4.78 is 0. The summed E-state index contributed by atoms with van der Waals surface area (Å²) in [4.78, 5) is 7.83. The van der Waals surface area contributed by atoms with Gasteiger partial charge in [0.1, 0.15) is 5.69 Å². The van der Waals surface area contributed by atoms with Crippen molar-refractivity contribution >= 4 is 5.71 Å². The molecule has 1 rings (SSSR count). The molecule has 0 fully saturated rings. The van der Waals surface area contributed by atoms with E-state index in [1.807, 2.05) is 0 Å². The Hall–Kier alpha value is -1.45. The third kappa shape index (κ3) is 1.28. The molecule has 10 heavy (non-hydrogen) atoms. The Bertz CT molecular complexity index is 229. The lowest BCUT2D eigenvalue weighted by atomic mass is 10.3. The summed E-state index contributed by atoms with van der Waals surface area (Å²) in [6.45, 7) is 1.78. The van der Waals surface area contributed by atoms with E-state index >= 15 is 0 Å². The maximum atomic E-state index is 5.02. The zero-order valence-electron chi connectivity index (χ0n) is 5.65. The summed E-state index contributed by atoms with van der Waals surface area (Å²) in [5.41, 5.74) is 1.40. The van der Waals surface area contributed by atoms with E-state index in [0.29, 0.717) is 11.4 Å². The molecule has 0 amide bonds. The maximum absolute atomic E-state index is 5.02. The Balaban J connectivity index is 2.96. The fraction of sp³-hybridized carbons (Fsp3) is 0.167. The molecule has 0 spiro atoms. The highest BCUT2D eigenvalue weighted by atomic mass is 15.1. The van der Waals surface area contributed by atoms with Crippen molar-refractivity contribution in [3.8, 4) is 0 Å². The van der Waals surface area contributed by atoms with E-state index in [2.05, 4.69) is 15.1 Å². The molecule has 0 radical (unpaired) electrons. The van der Waals surface area contributed by atoms with Crippen LogP contribution in [0.15, 0.2) is 23.7 Å². The van der Waals surface area contributed by atoms with Crippen molar-refractivity contribution in [3.63, 3.8) is 0 Å². The first-order valence-corrected chi connectivity index (χ1v) is 2.85. The number of aromatic nitrogens is 2. The number of nitrogens with zero attached hydrogens (tertiary/aromatic N) is 3. The molecule has 4 heteroatoms. The van der Waals surface area contributed by atoms with Crippen molar-refractivity contribution < 1.29 is 0 Å². The molecule has 1 aromatic rings. The van der Waals surface area contributed by atoms with Crippen molar-refractivity contribution in [3.05, 3.63) is 24.3 Å². The molecule has 0 aliphatic carbocycles. The predicted octanol–water partition coefficient (Wildman–Crippen LogP) is 0.159. The van der Waals surface area contributed by atoms with E-state index in [9.17, 15) is 0 Å². The van der Waals surface area contributed by atoms with E-state index in [4.69, 9.17) is 5.84 Å². The van der Waals surface area contributed by atoms with Gasteiger partial charge in [0.05, 0.1) is 11.9 Å². The van der Waals surface area contributed by atoms with Crippen LogP contribution in [0.1, 0.15) is 12.6 Å². The van der Waals surface area contributed by atoms with Crippen molar-refractivity contribution in [2.45, 2.75) is 6.92 Å². The number of hydrazone groups is 1. The van der Waals surface area contributed by atoms with Crippen LogP contribution < -0.4 is 5.84 Å². The van der Waals surface area contributed by atoms with E-state index in [0.717, 1.165) is 0 Å². The average Bonchev–Trinajstić information content (AvgIpc) is 2.05. The molecule has 0 saturated heterocycles. The summed E-state index contributed by atoms with van der Waals surface area (Å²) in [5, 5.41) is 3.47. The Morgan fingerprint density at radius 1 is 1.60 bits per heavy atom. The summed E-state index contributed by atoms with van der Waals surface area (Å²) >= 11 is 0. The Labute approximate surface area is 58.8 Å². The monoisotopic (exact) mass is 136 g/mol. The highest BCUT2D eigenvalue weighted by Crippen LogP contribution is 1.90. The lowest BCUT2D eigenvalue weighted by Gasteiger charge is -1.93. The third-order valence-electron chi connectivity index (χ3n) is 1.13. The van der Waals surface area contributed by atoms with Crippen LogP contribution in [0.3, 0.4) is 0 Å². The molecule has 4 nitrogen and oxygen atoms in total. The molecule has 0 bridgehead atoms. The van der Waals surface area contributed by atoms with Crippen molar-refractivity contribution in [1.29, 1.82) is 0 Å². The largest absolute Gasteiger partial charge is 0.323 e. The molecule has 0 aromatic carbocycles. The second-order valence-electron chi connectivity index (χ2n) is 1.81. The minimum atomic E-state index is 0.688. The minimum absolute atomic E-state index is 0.688. The van der Waals surface area contributed by atoms with Gasteiger partial charge in [0.2, 0.25) is 0 Å². The minimum Gasteiger partial charge on any atom is -0.323 e. The van der Waals surface area contributed by atoms with Crippen molar-refractivity contribution in [2.75, 3.05) is 0 Å². The standard InChI is InChI=1S/C6H8N4/c1-5(10-7)6-4-8-2-3-9-6/h2-4H,7H2,1H3/b10-5-. The smallest absolute Gasteiger partial charge is 0.104 e. The second kappa shape index (κ2) is 2.91. The van der Waals surface area contributed by atoms with E-state index in [-0.39, 0.29) is 0 Å². The molecule has 0 saturated carbocycles. The summed E-state index contributed by atoms with van der Waals surface area (Å²) in [6, 6.07) is 0. The fourth-order valence-corrected chi connectivity index (χ4v) is 0.552. The highest BCUT2D eigenvalue weighted by Gasteiger charge is 1.94. The first-order chi connectivity index (χ1) is 4.84. The van der Waals surface area contributed by atoms with Crippen LogP contribution in [0.2, 0.25) is 0 Å². The van der Waals surface area contributed by atoms with Gasteiger partial charge in [0.15, 0.2) is 0 Å². The van der Waals surface area contributed by atoms with Gasteiger partial charge in [-0.25, -0.2) is 0 Å². The van der Waals surface area contributed by atoms with Gasteiger partial charge < -0.3 is 5.84 Å². The average molecular weight is 136 g/mol. The second-order valence-corrected chi connectivity index (χ2v) is 1.81. The quantitative estimate of drug-likeness (QED) is 0.340. The first-order valence-electron chi connectivity index (χ1n) is 2.85. The van der Waals surface area contributed by atoms with Gasteiger partial charge >= 0.3 is 0 Å². The fourth-order valence-electron chi connectivity index (χ4n) is 0.552. The molecule has 52 valence electrons. The molecule has 0 atom stereocenters. The van der Waals surface area contributed by atoms with Gasteiger partial charge in [0, 0.05) is 12.4 Å². The number of hydrogen-bond donors (Lipinski definition) is 1. The zero-order chi connectivity index (χ0) is 7.40. The Morgan fingerprint density at radius 3 is 2.90 bits per heavy atom. The molecular formula is C6H8N4. The Morgan fingerprint density at radius 2 is 2.40 bits per heavy atom. The normalized spacial score (nSPS) is 11.5. The summed E-state index contributed by atoms with van der Waals surface area (Å²) in [6.07, 6.45) is 4.82. The van der Waals surface area contributed by atoms with Gasteiger partial charge in [-0.2, -0.15) is 5.10 Å². The molecule has 1 aromatic heterocycles. The van der Waals surface area contributed by atoms with Gasteiger partial charge in [-0.1, -0.05) is 0 Å². The van der Waals surface area contributed by atoms with Crippen LogP contribution in [0.5, 0.6) is 0 Å². The summed E-state index contributed by atoms with van der Waals surface area (Å²) in [7, 11) is 0. The van der Waals surface area contributed by atoms with Crippen LogP contribution in [0.4, 0.5) is 0 Å². The third-order valence-corrected chi connectivity index (χ3v) is 1.13. The molecule has 1 heterocycles. The topological polar surface area (TPSA) is 64.2 Å². The SMILES string of the molecule is C/C(=N/N)c1cnccn1. The number of hydrogen-bond acceptors (Lipinski definition) is 4. The highest BCUT2D eigenvalue weighted by molar-refractivity contribution is 5.96. The molecule has 0 aliphatic rings. The van der Waals surface area contributed by atoms with Crippen LogP contribution in [-0.2, 0) is 0 Å². The van der Waals surface area contributed by atoms with E-state index < -0.39 is 0 Å². The molecule has 2 N–H and O–H groups in total. The van der Waals surface area contributed by atoms with Gasteiger partial charge in [-0.15, -0.1) is 0 Å². The van der Waals surface area contributed by atoms with Crippen LogP contribution in [-0.4, -0.2) is 15.7 Å². The lowest BCUT2D eigenvalue weighted by Crippen LogP contribution is -2.01. The van der Waals surface area contributed by atoms with Crippen molar-refractivity contribution in [1.82, 2.24) is 9.97 Å². The van der Waals surface area contributed by atoms with Gasteiger partial charge in [-0.05, 0) is 6.92 Å². The molecule has 0 aliphatic heterocycles. The molecule has 0 unspecified atom stereocenters. The number of rotatable bonds is 1. The predicted molar refractivity (Wildman–Crippen MR) is 38.4 cm³/mol. The van der Waals surface area contributed by atoms with Crippen LogP contribution in [0.25, 0.3) is 0 Å². The van der Waals surface area contributed by atoms with Gasteiger partial charge in [0.25, 0.3) is 0 Å². The van der Waals surface area contributed by atoms with Gasteiger partial charge in [-0.3, -0.25) is 9.97 Å². The van der Waals surface area contributed by atoms with Crippen LogP contribution >= 0.6 is 0 Å².